The molecule has 0 fully saturated rings. The first-order valence-electron chi connectivity index (χ1n) is 4.45. The Labute approximate surface area is 83.3 Å². The Morgan fingerprint density at radius 1 is 0.833 bits per heavy atom. The Balaban J connectivity index is 4.89. The molecule has 0 saturated carbocycles. The summed E-state index contributed by atoms with van der Waals surface area (Å²) in [5, 5.41) is 0. The average molecular weight is 230 g/mol. The summed E-state index contributed by atoms with van der Waals surface area (Å²) < 4.78 is 0. The molecular weight excluding hydrogens is 208 g/mol. The highest BCUT2D eigenvalue weighted by Crippen LogP contribution is 2.17. The molecule has 0 aromatic carbocycles. The summed E-state index contributed by atoms with van der Waals surface area (Å²) in [4.78, 5) is 0. The standard InChI is InChI=1S/C8H21Si4/c1-8-12(9(2)3,10(4)5)11(6)7/h8H,1H2,2-7H3. The van der Waals surface area contributed by atoms with E-state index < -0.39 is 6.63 Å². The van der Waals surface area contributed by atoms with Crippen molar-refractivity contribution < 1.29 is 0 Å². The molecule has 0 heterocycles. The second-order valence-corrected chi connectivity index (χ2v) is 32.6. The van der Waals surface area contributed by atoms with Gasteiger partial charge in [-0.1, -0.05) is 39.3 Å². The molecule has 0 aliphatic carbocycles. The van der Waals surface area contributed by atoms with Gasteiger partial charge in [-0.15, -0.1) is 12.3 Å². The van der Waals surface area contributed by atoms with Crippen LogP contribution in [0.1, 0.15) is 0 Å². The number of rotatable bonds is 4. The molecule has 0 bridgehead atoms. The molecule has 0 saturated heterocycles. The minimum Gasteiger partial charge on any atom is -0.109 e. The van der Waals surface area contributed by atoms with E-state index in [2.05, 4.69) is 51.6 Å². The van der Waals surface area contributed by atoms with E-state index in [1.165, 1.54) is 0 Å². The van der Waals surface area contributed by atoms with Crippen LogP contribution < -0.4 is 0 Å². The molecule has 69 valence electrons. The molecule has 0 N–H and O–H groups in total. The Kier molecular flexibility index (Phi) is 4.98. The maximum atomic E-state index is 4.14. The van der Waals surface area contributed by atoms with Gasteiger partial charge in [0.25, 0.3) is 0 Å². The summed E-state index contributed by atoms with van der Waals surface area (Å²) in [7, 11) is -0.212. The lowest BCUT2D eigenvalue weighted by atomic mass is 11.3. The number of hydrogen-bond acceptors (Lipinski definition) is 0. The van der Waals surface area contributed by atoms with E-state index >= 15 is 0 Å². The summed E-state index contributed by atoms with van der Waals surface area (Å²) in [5.74, 6) is 0. The fourth-order valence-corrected chi connectivity index (χ4v) is 46.0. The van der Waals surface area contributed by atoms with Crippen LogP contribution in [0.15, 0.2) is 12.3 Å². The molecular formula is C8H21Si4. The highest BCUT2D eigenvalue weighted by Gasteiger charge is 2.41. The van der Waals surface area contributed by atoms with Crippen molar-refractivity contribution in [3.63, 3.8) is 0 Å². The van der Waals surface area contributed by atoms with Crippen molar-refractivity contribution in [2.75, 3.05) is 0 Å². The van der Waals surface area contributed by atoms with Crippen molar-refractivity contribution in [1.29, 1.82) is 0 Å². The molecule has 0 amide bonds. The highest BCUT2D eigenvalue weighted by molar-refractivity contribution is 7.81. The second-order valence-electron chi connectivity index (χ2n) is 4.01. The zero-order valence-corrected chi connectivity index (χ0v) is 13.3. The minimum absolute atomic E-state index is 0.0707. The smallest absolute Gasteiger partial charge is 0.0518 e. The van der Waals surface area contributed by atoms with Crippen LogP contribution >= 0.6 is 0 Å². The first kappa shape index (κ1) is 12.6. The summed E-state index contributed by atoms with van der Waals surface area (Å²) in [6.07, 6.45) is 0. The maximum Gasteiger partial charge on any atom is 0.0518 e. The normalized spacial score (nSPS) is 13.1. The Morgan fingerprint density at radius 2 is 1.08 bits per heavy atom. The van der Waals surface area contributed by atoms with Gasteiger partial charge in [-0.05, 0) is 0 Å². The summed E-state index contributed by atoms with van der Waals surface area (Å²) >= 11 is 0. The maximum absolute atomic E-state index is 4.14. The quantitative estimate of drug-likeness (QED) is 0.650. The van der Waals surface area contributed by atoms with Gasteiger partial charge in [-0.25, -0.2) is 0 Å². The summed E-state index contributed by atoms with van der Waals surface area (Å²) in [5.41, 5.74) is 2.43. The SMILES string of the molecule is C=C[Si]([Si](C)C)([Si](C)C)[Si](C)C. The van der Waals surface area contributed by atoms with Gasteiger partial charge < -0.3 is 0 Å². The van der Waals surface area contributed by atoms with E-state index in [0.717, 1.165) is 0 Å². The van der Waals surface area contributed by atoms with E-state index in [0.29, 0.717) is 0 Å². The highest BCUT2D eigenvalue weighted by atomic mass is 29.9. The molecule has 0 unspecified atom stereocenters. The molecule has 0 spiro atoms. The zero-order valence-electron chi connectivity index (χ0n) is 9.28. The third-order valence-corrected chi connectivity index (χ3v) is 51.0. The van der Waals surface area contributed by atoms with Gasteiger partial charge in [-0.3, -0.25) is 0 Å². The van der Waals surface area contributed by atoms with Crippen molar-refractivity contribution in [1.82, 2.24) is 0 Å². The van der Waals surface area contributed by atoms with Crippen molar-refractivity contribution in [2.45, 2.75) is 39.3 Å². The Morgan fingerprint density at radius 3 is 1.08 bits per heavy atom. The van der Waals surface area contributed by atoms with Crippen LogP contribution in [0.2, 0.25) is 39.3 Å². The van der Waals surface area contributed by atoms with Gasteiger partial charge in [0.1, 0.15) is 0 Å². The average Bonchev–Trinajstić information content (AvgIpc) is 1.86. The Hall–Kier alpha value is 0.608. The van der Waals surface area contributed by atoms with E-state index in [1.54, 1.807) is 0 Å². The predicted molar refractivity (Wildman–Crippen MR) is 68.4 cm³/mol. The second kappa shape index (κ2) is 4.74. The predicted octanol–water partition coefficient (Wildman–Crippen LogP) is 2.66. The zero-order chi connectivity index (χ0) is 9.94. The van der Waals surface area contributed by atoms with Gasteiger partial charge in [-0.2, -0.15) is 0 Å². The lowest BCUT2D eigenvalue weighted by Crippen LogP contribution is -2.66. The van der Waals surface area contributed by atoms with Gasteiger partial charge in [0, 0.05) is 24.9 Å². The van der Waals surface area contributed by atoms with Gasteiger partial charge in [0.05, 0.1) is 6.63 Å². The largest absolute Gasteiger partial charge is 0.109 e. The first-order chi connectivity index (χ1) is 5.39. The molecule has 12 heavy (non-hydrogen) atoms. The molecule has 0 aliphatic rings. The third kappa shape index (κ3) is 2.10. The fourth-order valence-electron chi connectivity index (χ4n) is 2.11. The van der Waals surface area contributed by atoms with Crippen LogP contribution in [0.4, 0.5) is 0 Å². The van der Waals surface area contributed by atoms with Crippen LogP contribution in [0.5, 0.6) is 0 Å². The van der Waals surface area contributed by atoms with Crippen LogP contribution in [0, 0.1) is 0 Å². The molecule has 0 aromatic heterocycles. The van der Waals surface area contributed by atoms with Crippen molar-refractivity contribution in [3.8, 4) is 0 Å². The minimum atomic E-state index is -0.932. The van der Waals surface area contributed by atoms with Crippen molar-refractivity contribution in [3.05, 3.63) is 12.3 Å². The molecule has 0 atom stereocenters. The monoisotopic (exact) mass is 229 g/mol. The molecule has 0 rings (SSSR count). The van der Waals surface area contributed by atoms with Crippen molar-refractivity contribution >= 4 is 31.6 Å². The lowest BCUT2D eigenvalue weighted by molar-refractivity contribution is 1.97. The summed E-state index contributed by atoms with van der Waals surface area (Å²) in [6, 6.07) is 0. The van der Waals surface area contributed by atoms with E-state index in [-0.39, 0.29) is 24.9 Å². The molecule has 3 radical (unpaired) electrons. The molecule has 0 nitrogen and oxygen atoms in total. The Bertz CT molecular complexity index is 129. The molecule has 0 aliphatic heterocycles. The van der Waals surface area contributed by atoms with E-state index in [9.17, 15) is 0 Å². The first-order valence-corrected chi connectivity index (χ1v) is 17.0. The van der Waals surface area contributed by atoms with Crippen LogP contribution in [0.25, 0.3) is 0 Å². The third-order valence-electron chi connectivity index (χ3n) is 2.67. The van der Waals surface area contributed by atoms with Crippen LogP contribution in [0.3, 0.4) is 0 Å². The van der Waals surface area contributed by atoms with Crippen LogP contribution in [-0.4, -0.2) is 31.6 Å². The number of hydrogen-bond donors (Lipinski definition) is 0. The lowest BCUT2D eigenvalue weighted by Gasteiger charge is -2.38. The van der Waals surface area contributed by atoms with E-state index in [1.807, 2.05) is 0 Å². The summed E-state index contributed by atoms with van der Waals surface area (Å²) in [6.45, 7) is 18.2. The van der Waals surface area contributed by atoms with Gasteiger partial charge in [0.15, 0.2) is 0 Å². The van der Waals surface area contributed by atoms with Crippen molar-refractivity contribution in [2.24, 2.45) is 0 Å². The fraction of sp³-hybridized carbons (Fsp3) is 0.750. The van der Waals surface area contributed by atoms with Crippen LogP contribution in [-0.2, 0) is 0 Å². The molecule has 0 aromatic rings. The van der Waals surface area contributed by atoms with E-state index in [4.69, 9.17) is 0 Å². The molecule has 4 heteroatoms. The topological polar surface area (TPSA) is 0 Å². The van der Waals surface area contributed by atoms with Gasteiger partial charge in [0.2, 0.25) is 0 Å². The van der Waals surface area contributed by atoms with Gasteiger partial charge >= 0.3 is 0 Å².